The molecule has 0 saturated carbocycles. The molecule has 4 aromatic rings. The van der Waals surface area contributed by atoms with Gasteiger partial charge in [0, 0.05) is 24.5 Å². The first-order chi connectivity index (χ1) is 20.8. The van der Waals surface area contributed by atoms with E-state index in [0.717, 1.165) is 28.2 Å². The molecular weight excluding hydrogens is 597 g/mol. The second-order valence-corrected chi connectivity index (χ2v) is 13.4. The third-order valence-corrected chi connectivity index (χ3v) is 8.73. The number of halogens is 3. The fraction of sp³-hybridized carbons (Fsp3) is 0.323. The summed E-state index contributed by atoms with van der Waals surface area (Å²) in [7, 11) is -3.65. The number of nitrogens with zero attached hydrogens (tertiary/aromatic N) is 2. The van der Waals surface area contributed by atoms with Crippen LogP contribution in [0, 0.1) is 0 Å². The van der Waals surface area contributed by atoms with E-state index in [1.54, 1.807) is 12.1 Å². The van der Waals surface area contributed by atoms with E-state index >= 15 is 0 Å². The zero-order valence-electron chi connectivity index (χ0n) is 23.7. The van der Waals surface area contributed by atoms with Crippen molar-refractivity contribution in [2.45, 2.75) is 43.8 Å². The monoisotopic (exact) mass is 626 g/mol. The summed E-state index contributed by atoms with van der Waals surface area (Å²) in [5.74, 6) is -1.48. The molecule has 0 radical (unpaired) electrons. The van der Waals surface area contributed by atoms with Gasteiger partial charge in [-0.05, 0) is 54.0 Å². The molecule has 2 amide bonds. The van der Waals surface area contributed by atoms with Crippen LogP contribution in [0.4, 0.5) is 19.0 Å². The molecular formula is C31H29F3N4O5S. The summed E-state index contributed by atoms with van der Waals surface area (Å²) in [5.41, 5.74) is 2.19. The van der Waals surface area contributed by atoms with Gasteiger partial charge in [-0.15, -0.1) is 0 Å². The van der Waals surface area contributed by atoms with E-state index < -0.39 is 45.5 Å². The van der Waals surface area contributed by atoms with Crippen LogP contribution in [-0.2, 0) is 33.0 Å². The summed E-state index contributed by atoms with van der Waals surface area (Å²) in [5, 5.41) is 12.3. The number of alkyl halides is 3. The Kier molecular flexibility index (Phi) is 7.39. The summed E-state index contributed by atoms with van der Waals surface area (Å²) < 4.78 is 68.2. The molecule has 0 unspecified atom stereocenters. The highest BCUT2D eigenvalue weighted by atomic mass is 32.2. The Hall–Kier alpha value is -4.39. The minimum atomic E-state index is -4.23. The number of nitrogens with one attached hydrogen (secondary N) is 2. The van der Waals surface area contributed by atoms with Crippen LogP contribution >= 0.6 is 0 Å². The molecule has 9 nitrogen and oxygen atoms in total. The van der Waals surface area contributed by atoms with Crippen LogP contribution in [0.5, 0.6) is 5.75 Å². The normalized spacial score (nSPS) is 17.8. The van der Waals surface area contributed by atoms with Crippen LogP contribution < -0.4 is 15.4 Å². The maximum atomic E-state index is 13.8. The van der Waals surface area contributed by atoms with Gasteiger partial charge in [0.05, 0.1) is 23.5 Å². The lowest BCUT2D eigenvalue weighted by Gasteiger charge is -2.35. The van der Waals surface area contributed by atoms with Crippen molar-refractivity contribution in [1.29, 1.82) is 0 Å². The Labute approximate surface area is 251 Å². The number of fused-ring (bicyclic) bond motifs is 4. The molecule has 0 saturated heterocycles. The maximum absolute atomic E-state index is 13.8. The van der Waals surface area contributed by atoms with Crippen molar-refractivity contribution < 1.29 is 35.9 Å². The average molecular weight is 627 g/mol. The summed E-state index contributed by atoms with van der Waals surface area (Å²) in [4.78, 5) is 26.6. The first-order valence-corrected chi connectivity index (χ1v) is 16.1. The molecule has 0 bridgehead atoms. The zero-order valence-corrected chi connectivity index (χ0v) is 24.5. The molecule has 1 aromatic heterocycles. The smallest absolute Gasteiger partial charge is 0.389 e. The summed E-state index contributed by atoms with van der Waals surface area (Å²) in [6, 6.07) is 18.4. The standard InChI is InChI=1S/C31H29F3N4O5S/c1-44(41,42)18-26(39)35-28-27-24(37-38(28)25-9-4-7-19-6-2-3-8-22(19)25)17-30(36-29(27)40)14-12-20-16-21(10-11-23(20)30)43-15-5-13-31(32,33)34/h2-4,6-11,16H,5,12-15,17-18H2,1H3,(H,35,39)(H,36,40)/t30-/m0/s1. The van der Waals surface area contributed by atoms with Gasteiger partial charge in [-0.2, -0.15) is 18.3 Å². The minimum absolute atomic E-state index is 0.0665. The number of aryl methyl sites for hydroxylation is 1. The fourth-order valence-electron chi connectivity index (χ4n) is 6.12. The maximum Gasteiger partial charge on any atom is 0.389 e. The van der Waals surface area contributed by atoms with Crippen molar-refractivity contribution in [2.75, 3.05) is 23.9 Å². The number of anilines is 1. The largest absolute Gasteiger partial charge is 0.494 e. The number of hydrogen-bond acceptors (Lipinski definition) is 6. The number of carbonyl (C=O) groups excluding carboxylic acids is 2. The predicted molar refractivity (Wildman–Crippen MR) is 158 cm³/mol. The molecule has 44 heavy (non-hydrogen) atoms. The molecule has 2 aliphatic rings. The number of sulfone groups is 1. The second kappa shape index (κ2) is 11.0. The van der Waals surface area contributed by atoms with Gasteiger partial charge in [0.1, 0.15) is 22.9 Å². The van der Waals surface area contributed by atoms with E-state index in [1.165, 1.54) is 4.68 Å². The molecule has 1 atom stereocenters. The number of aromatic nitrogens is 2. The molecule has 1 aliphatic heterocycles. The predicted octanol–water partition coefficient (Wildman–Crippen LogP) is 4.86. The van der Waals surface area contributed by atoms with Crippen molar-refractivity contribution >= 4 is 38.2 Å². The Bertz CT molecular complexity index is 1900. The average Bonchev–Trinajstić information content (AvgIpc) is 3.47. The lowest BCUT2D eigenvalue weighted by Crippen LogP contribution is -2.49. The van der Waals surface area contributed by atoms with Crippen LogP contribution in [-0.4, -0.2) is 54.8 Å². The van der Waals surface area contributed by atoms with Crippen molar-refractivity contribution in [2.24, 2.45) is 0 Å². The van der Waals surface area contributed by atoms with Gasteiger partial charge in [0.15, 0.2) is 9.84 Å². The summed E-state index contributed by atoms with van der Waals surface area (Å²) in [6.45, 7) is -0.0665. The van der Waals surface area contributed by atoms with Gasteiger partial charge >= 0.3 is 6.18 Å². The van der Waals surface area contributed by atoms with E-state index in [4.69, 9.17) is 9.84 Å². The highest BCUT2D eigenvalue weighted by Gasteiger charge is 2.47. The van der Waals surface area contributed by atoms with Crippen LogP contribution in [0.15, 0.2) is 60.7 Å². The molecule has 3 aromatic carbocycles. The molecule has 13 heteroatoms. The lowest BCUT2D eigenvalue weighted by molar-refractivity contribution is -0.136. The van der Waals surface area contributed by atoms with E-state index in [9.17, 15) is 31.2 Å². The molecule has 1 aliphatic carbocycles. The Morgan fingerprint density at radius 2 is 1.91 bits per heavy atom. The SMILES string of the molecule is CS(=O)(=O)CC(=O)Nc1c2c(nn1-c1cccc3ccccc13)C[C@]1(CCc3cc(OCCCC(F)(F)F)ccc31)NC2=O. The zero-order chi connectivity index (χ0) is 31.3. The van der Waals surface area contributed by atoms with Gasteiger partial charge in [-0.3, -0.25) is 9.59 Å². The van der Waals surface area contributed by atoms with Gasteiger partial charge in [0.2, 0.25) is 5.91 Å². The summed E-state index contributed by atoms with van der Waals surface area (Å²) in [6.07, 6.45) is -2.88. The molecule has 230 valence electrons. The molecule has 2 heterocycles. The molecule has 2 N–H and O–H groups in total. The number of hydrogen-bond donors (Lipinski definition) is 2. The molecule has 6 rings (SSSR count). The highest BCUT2D eigenvalue weighted by Crippen LogP contribution is 2.45. The van der Waals surface area contributed by atoms with E-state index in [0.29, 0.717) is 36.4 Å². The Morgan fingerprint density at radius 3 is 2.68 bits per heavy atom. The third-order valence-electron chi connectivity index (χ3n) is 7.94. The summed E-state index contributed by atoms with van der Waals surface area (Å²) >= 11 is 0. The number of amides is 2. The number of ether oxygens (including phenoxy) is 1. The first-order valence-electron chi connectivity index (χ1n) is 14.0. The topological polar surface area (TPSA) is 119 Å². The van der Waals surface area contributed by atoms with Crippen molar-refractivity contribution in [3.8, 4) is 11.4 Å². The van der Waals surface area contributed by atoms with Crippen molar-refractivity contribution in [3.05, 3.63) is 83.0 Å². The van der Waals surface area contributed by atoms with E-state index in [-0.39, 0.29) is 24.4 Å². The van der Waals surface area contributed by atoms with E-state index in [1.807, 2.05) is 48.5 Å². The number of benzene rings is 3. The fourth-order valence-corrected chi connectivity index (χ4v) is 6.67. The van der Waals surface area contributed by atoms with Crippen LogP contribution in [0.1, 0.15) is 46.4 Å². The van der Waals surface area contributed by atoms with Crippen molar-refractivity contribution in [1.82, 2.24) is 15.1 Å². The van der Waals surface area contributed by atoms with Gasteiger partial charge in [0.25, 0.3) is 5.91 Å². The van der Waals surface area contributed by atoms with Crippen LogP contribution in [0.25, 0.3) is 16.5 Å². The quantitative estimate of drug-likeness (QED) is 0.270. The van der Waals surface area contributed by atoms with Gasteiger partial charge in [-0.1, -0.05) is 42.5 Å². The van der Waals surface area contributed by atoms with Gasteiger partial charge in [-0.25, -0.2) is 13.1 Å². The highest BCUT2D eigenvalue weighted by molar-refractivity contribution is 7.91. The Morgan fingerprint density at radius 1 is 1.14 bits per heavy atom. The number of rotatable bonds is 8. The van der Waals surface area contributed by atoms with E-state index in [2.05, 4.69) is 10.6 Å². The lowest BCUT2D eigenvalue weighted by atomic mass is 9.82. The third kappa shape index (κ3) is 5.88. The molecule has 0 fully saturated rings. The van der Waals surface area contributed by atoms with Crippen molar-refractivity contribution in [3.63, 3.8) is 0 Å². The van der Waals surface area contributed by atoms with Crippen LogP contribution in [0.2, 0.25) is 0 Å². The minimum Gasteiger partial charge on any atom is -0.494 e. The van der Waals surface area contributed by atoms with Crippen LogP contribution in [0.3, 0.4) is 0 Å². The number of carbonyl (C=O) groups is 2. The first kappa shape index (κ1) is 29.7. The Balaban J connectivity index is 1.36. The second-order valence-electron chi connectivity index (χ2n) is 11.3. The van der Waals surface area contributed by atoms with Gasteiger partial charge < -0.3 is 15.4 Å². The molecule has 1 spiro atoms.